The number of carbonyl (C=O) groups excluding carboxylic acids is 2. The van der Waals surface area contributed by atoms with Gasteiger partial charge in [0.1, 0.15) is 5.82 Å². The molecule has 0 radical (unpaired) electrons. The smallest absolute Gasteiger partial charge is 0.217 e. The van der Waals surface area contributed by atoms with Crippen molar-refractivity contribution in [3.05, 3.63) is 58.9 Å². The monoisotopic (exact) mass is 455 g/mol. The van der Waals surface area contributed by atoms with Crippen molar-refractivity contribution in [3.63, 3.8) is 0 Å². The summed E-state index contributed by atoms with van der Waals surface area (Å²) in [6.45, 7) is 2.21. The number of benzene rings is 2. The van der Waals surface area contributed by atoms with Crippen molar-refractivity contribution in [2.45, 2.75) is 39.0 Å². The number of primary amides is 1. The number of ether oxygens (including phenoxy) is 1. The van der Waals surface area contributed by atoms with Crippen LogP contribution in [0.2, 0.25) is 0 Å². The highest BCUT2D eigenvalue weighted by atomic mass is 19.2. The highest BCUT2D eigenvalue weighted by Gasteiger charge is 2.20. The molecule has 0 aliphatic rings. The molecule has 0 unspecified atom stereocenters. The number of anilines is 2. The van der Waals surface area contributed by atoms with Crippen LogP contribution in [0.4, 0.5) is 24.5 Å². The molecule has 0 fully saturated rings. The Bertz CT molecular complexity index is 910. The Kier molecular flexibility index (Phi) is 12.0. The fraction of sp³-hybridized carbons (Fsp3) is 0.364. The topological polar surface area (TPSA) is 128 Å². The molecule has 0 aliphatic heterocycles. The van der Waals surface area contributed by atoms with E-state index in [-0.39, 0.29) is 30.2 Å². The lowest BCUT2D eigenvalue weighted by atomic mass is 10.0. The number of hydrogen-bond donors (Lipinski definition) is 4. The van der Waals surface area contributed by atoms with Gasteiger partial charge in [-0.3, -0.25) is 9.59 Å². The minimum Gasteiger partial charge on any atom is -0.381 e. The fourth-order valence-corrected chi connectivity index (χ4v) is 2.84. The van der Waals surface area contributed by atoms with Gasteiger partial charge >= 0.3 is 0 Å². The van der Waals surface area contributed by atoms with E-state index in [1.807, 2.05) is 0 Å². The summed E-state index contributed by atoms with van der Waals surface area (Å²) in [6, 6.07) is 6.28. The molecule has 10 heteroatoms. The van der Waals surface area contributed by atoms with Crippen molar-refractivity contribution < 1.29 is 32.7 Å². The zero-order valence-corrected chi connectivity index (χ0v) is 17.8. The molecule has 0 spiro atoms. The summed E-state index contributed by atoms with van der Waals surface area (Å²) >= 11 is 0. The number of halogens is 3. The molecule has 6 N–H and O–H groups in total. The van der Waals surface area contributed by atoms with E-state index in [9.17, 15) is 22.8 Å². The molecule has 2 aromatic carbocycles. The number of aryl methyl sites for hydroxylation is 1. The summed E-state index contributed by atoms with van der Waals surface area (Å²) in [5.41, 5.74) is 5.17. The SMILES string of the molecule is Cc1ccc(Nc2c(C(=O)CCOCCCCCC(N)=O)ccc(F)c2F)c(F)c1.NO. The van der Waals surface area contributed by atoms with Crippen LogP contribution in [0.3, 0.4) is 0 Å². The largest absolute Gasteiger partial charge is 0.381 e. The first kappa shape index (κ1) is 27.1. The molecule has 0 aromatic heterocycles. The second-order valence-corrected chi connectivity index (χ2v) is 6.95. The lowest BCUT2D eigenvalue weighted by Crippen LogP contribution is -2.11. The van der Waals surface area contributed by atoms with Gasteiger partial charge in [-0.05, 0) is 49.6 Å². The number of carbonyl (C=O) groups is 2. The van der Waals surface area contributed by atoms with Gasteiger partial charge in [-0.1, -0.05) is 12.5 Å². The van der Waals surface area contributed by atoms with E-state index in [1.54, 1.807) is 13.0 Å². The molecule has 0 saturated carbocycles. The van der Waals surface area contributed by atoms with Gasteiger partial charge in [0.2, 0.25) is 5.91 Å². The van der Waals surface area contributed by atoms with Gasteiger partial charge in [-0.15, -0.1) is 0 Å². The third-order valence-corrected chi connectivity index (χ3v) is 4.46. The van der Waals surface area contributed by atoms with E-state index >= 15 is 0 Å². The number of amides is 1. The lowest BCUT2D eigenvalue weighted by molar-refractivity contribution is -0.118. The second-order valence-electron chi connectivity index (χ2n) is 6.95. The van der Waals surface area contributed by atoms with Crippen molar-refractivity contribution in [3.8, 4) is 0 Å². The first-order valence-corrected chi connectivity index (χ1v) is 9.96. The Labute approximate surface area is 184 Å². The quantitative estimate of drug-likeness (QED) is 0.217. The number of rotatable bonds is 12. The predicted octanol–water partition coefficient (Wildman–Crippen LogP) is 4.13. The number of Topliss-reactive ketones (excluding diaryl/α,β-unsaturated/α-hetero) is 1. The van der Waals surface area contributed by atoms with Crippen molar-refractivity contribution in [2.24, 2.45) is 11.6 Å². The summed E-state index contributed by atoms with van der Waals surface area (Å²) in [5.74, 6) is -0.345. The highest BCUT2D eigenvalue weighted by Crippen LogP contribution is 2.29. The van der Waals surface area contributed by atoms with E-state index in [1.165, 1.54) is 18.2 Å². The third-order valence-electron chi connectivity index (χ3n) is 4.46. The molecule has 0 heterocycles. The molecular formula is C22H28F3N3O4. The first-order valence-electron chi connectivity index (χ1n) is 9.96. The molecule has 1 amide bonds. The third kappa shape index (κ3) is 8.66. The van der Waals surface area contributed by atoms with Gasteiger partial charge in [0.25, 0.3) is 0 Å². The molecule has 2 aromatic rings. The van der Waals surface area contributed by atoms with Crippen LogP contribution in [0, 0.1) is 24.4 Å². The number of ketones is 1. The number of nitrogens with one attached hydrogen (secondary N) is 1. The summed E-state index contributed by atoms with van der Waals surface area (Å²) in [7, 11) is 0. The molecule has 176 valence electrons. The molecule has 32 heavy (non-hydrogen) atoms. The molecule has 7 nitrogen and oxygen atoms in total. The van der Waals surface area contributed by atoms with Crippen molar-refractivity contribution in [1.82, 2.24) is 0 Å². The maximum atomic E-state index is 14.4. The van der Waals surface area contributed by atoms with E-state index in [2.05, 4.69) is 11.2 Å². The average molecular weight is 455 g/mol. The zero-order valence-electron chi connectivity index (χ0n) is 17.8. The Balaban J connectivity index is 0.00000249. The van der Waals surface area contributed by atoms with Crippen LogP contribution < -0.4 is 16.9 Å². The van der Waals surface area contributed by atoms with Crippen LogP contribution in [0.25, 0.3) is 0 Å². The highest BCUT2D eigenvalue weighted by molar-refractivity contribution is 6.02. The molecule has 0 bridgehead atoms. The maximum absolute atomic E-state index is 14.4. The van der Waals surface area contributed by atoms with E-state index in [4.69, 9.17) is 15.7 Å². The van der Waals surface area contributed by atoms with Crippen LogP contribution in [0.1, 0.15) is 48.0 Å². The summed E-state index contributed by atoms with van der Waals surface area (Å²) in [6.07, 6.45) is 2.45. The summed E-state index contributed by atoms with van der Waals surface area (Å²) in [4.78, 5) is 23.2. The van der Waals surface area contributed by atoms with Crippen molar-refractivity contribution >= 4 is 23.1 Å². The van der Waals surface area contributed by atoms with Gasteiger partial charge in [0.05, 0.1) is 18.0 Å². The van der Waals surface area contributed by atoms with E-state index < -0.39 is 28.9 Å². The van der Waals surface area contributed by atoms with Crippen molar-refractivity contribution in [1.29, 1.82) is 0 Å². The normalized spacial score (nSPS) is 10.3. The summed E-state index contributed by atoms with van der Waals surface area (Å²) in [5, 5.41) is 9.00. The maximum Gasteiger partial charge on any atom is 0.217 e. The summed E-state index contributed by atoms with van der Waals surface area (Å²) < 4.78 is 47.6. The van der Waals surface area contributed by atoms with Gasteiger partial charge in [0.15, 0.2) is 17.4 Å². The molecule has 0 aliphatic carbocycles. The Morgan fingerprint density at radius 3 is 2.34 bits per heavy atom. The number of hydrogen-bond acceptors (Lipinski definition) is 6. The fourth-order valence-electron chi connectivity index (χ4n) is 2.84. The lowest BCUT2D eigenvalue weighted by Gasteiger charge is -2.14. The standard InChI is InChI=1S/C22H25F3N2O3.H3NO/c1-14-6-9-18(17(24)13-14)27-22-15(7-8-16(23)21(22)25)19(28)10-12-30-11-4-2-3-5-20(26)29;1-2/h6-9,13,27H,2-5,10-12H2,1H3,(H2,26,29);2H,1H2. The van der Waals surface area contributed by atoms with Crippen LogP contribution in [-0.4, -0.2) is 30.1 Å². The minimum atomic E-state index is -1.25. The number of nitrogens with two attached hydrogens (primary N) is 2. The predicted molar refractivity (Wildman–Crippen MR) is 114 cm³/mol. The van der Waals surface area contributed by atoms with Gasteiger partial charge in [0, 0.05) is 25.0 Å². The number of unbranched alkanes of at least 4 members (excludes halogenated alkanes) is 2. The van der Waals surface area contributed by atoms with Gasteiger partial charge in [-0.2, -0.15) is 0 Å². The van der Waals surface area contributed by atoms with Crippen LogP contribution in [0.5, 0.6) is 0 Å². The van der Waals surface area contributed by atoms with E-state index in [0.717, 1.165) is 12.5 Å². The molecular weight excluding hydrogens is 427 g/mol. The Morgan fingerprint density at radius 1 is 0.969 bits per heavy atom. The molecule has 2 rings (SSSR count). The van der Waals surface area contributed by atoms with Crippen LogP contribution in [0.15, 0.2) is 30.3 Å². The first-order chi connectivity index (χ1) is 15.3. The second kappa shape index (κ2) is 14.2. The Morgan fingerprint density at radius 2 is 1.69 bits per heavy atom. The van der Waals surface area contributed by atoms with Gasteiger partial charge in [-0.25, -0.2) is 19.1 Å². The molecule has 0 saturated heterocycles. The van der Waals surface area contributed by atoms with Gasteiger partial charge < -0.3 is 21.0 Å². The zero-order chi connectivity index (χ0) is 24.1. The van der Waals surface area contributed by atoms with Crippen LogP contribution >= 0.6 is 0 Å². The van der Waals surface area contributed by atoms with E-state index in [0.29, 0.717) is 31.4 Å². The molecule has 0 atom stereocenters. The van der Waals surface area contributed by atoms with Crippen LogP contribution in [-0.2, 0) is 9.53 Å². The minimum absolute atomic E-state index is 0.0442. The Hall–Kier alpha value is -2.95. The van der Waals surface area contributed by atoms with Crippen molar-refractivity contribution in [2.75, 3.05) is 18.5 Å². The average Bonchev–Trinajstić information content (AvgIpc) is 2.76.